The highest BCUT2D eigenvalue weighted by atomic mass is 79.9. The van der Waals surface area contributed by atoms with E-state index in [0.29, 0.717) is 64.5 Å². The molecular weight excluding hydrogens is 644 g/mol. The van der Waals surface area contributed by atoms with E-state index >= 15 is 0 Å². The predicted octanol–water partition coefficient (Wildman–Crippen LogP) is 4.49. The highest BCUT2D eigenvalue weighted by Gasteiger charge is 2.34. The van der Waals surface area contributed by atoms with E-state index in [1.807, 2.05) is 19.1 Å². The van der Waals surface area contributed by atoms with Crippen LogP contribution in [0.2, 0.25) is 0 Å². The number of rotatable bonds is 9. The first-order valence-corrected chi connectivity index (χ1v) is 15.6. The molecule has 3 aromatic heterocycles. The summed E-state index contributed by atoms with van der Waals surface area (Å²) < 4.78 is 19.4. The van der Waals surface area contributed by atoms with Gasteiger partial charge in [0.2, 0.25) is 0 Å². The number of benzene rings is 1. The van der Waals surface area contributed by atoms with Crippen LogP contribution in [0.5, 0.6) is 5.75 Å². The molecule has 42 heavy (non-hydrogen) atoms. The van der Waals surface area contributed by atoms with E-state index in [9.17, 15) is 14.4 Å². The smallest absolute Gasteiger partial charge is 0.338 e. The van der Waals surface area contributed by atoms with Gasteiger partial charge in [-0.15, -0.1) is 0 Å². The highest BCUT2D eigenvalue weighted by Crippen LogP contribution is 2.36. The van der Waals surface area contributed by atoms with Crippen molar-refractivity contribution < 1.29 is 18.7 Å². The molecule has 0 amide bonds. The van der Waals surface area contributed by atoms with Gasteiger partial charge in [-0.2, -0.15) is 0 Å². The Labute approximate surface area is 256 Å². The molecule has 1 aliphatic rings. The third-order valence-corrected chi connectivity index (χ3v) is 8.71. The minimum Gasteiger partial charge on any atom is -0.496 e. The summed E-state index contributed by atoms with van der Waals surface area (Å²) in [5, 5.41) is 0.902. The molecule has 0 radical (unpaired) electrons. The summed E-state index contributed by atoms with van der Waals surface area (Å²) in [5.41, 5.74) is 1.67. The fourth-order valence-corrected chi connectivity index (χ4v) is 6.94. The Morgan fingerprint density at radius 3 is 2.74 bits per heavy atom. The van der Waals surface area contributed by atoms with Crippen LogP contribution in [-0.4, -0.2) is 34.2 Å². The second kappa shape index (κ2) is 12.7. The van der Waals surface area contributed by atoms with Crippen LogP contribution in [0.25, 0.3) is 6.08 Å². The Kier molecular flexibility index (Phi) is 8.99. The number of hydrogen-bond acceptors (Lipinski definition) is 10. The molecule has 0 unspecified atom stereocenters. The average Bonchev–Trinajstić information content (AvgIpc) is 3.50. The molecule has 0 saturated heterocycles. The number of fused-ring (bicyclic) bond motifs is 1. The van der Waals surface area contributed by atoms with Crippen LogP contribution in [0, 0.1) is 6.92 Å². The van der Waals surface area contributed by atoms with Gasteiger partial charge in [0.15, 0.2) is 15.1 Å². The van der Waals surface area contributed by atoms with Crippen molar-refractivity contribution in [3.8, 4) is 5.75 Å². The van der Waals surface area contributed by atoms with Crippen LogP contribution in [0.1, 0.15) is 49.7 Å². The largest absolute Gasteiger partial charge is 0.496 e. The number of aromatic nitrogens is 3. The molecule has 218 valence electrons. The maximum atomic E-state index is 13.9. The monoisotopic (exact) mass is 670 g/mol. The number of thiazole rings is 1. The number of nitrogens with one attached hydrogen (secondary N) is 1. The van der Waals surface area contributed by atoms with Crippen molar-refractivity contribution in [3.05, 3.63) is 99.2 Å². The maximum absolute atomic E-state index is 13.9. The lowest BCUT2D eigenvalue weighted by molar-refractivity contribution is -0.139. The number of carbonyl (C=O) groups is 1. The zero-order chi connectivity index (χ0) is 30.0. The lowest BCUT2D eigenvalue weighted by Crippen LogP contribution is -2.40. The van der Waals surface area contributed by atoms with Gasteiger partial charge in [0.05, 0.1) is 40.0 Å². The van der Waals surface area contributed by atoms with Crippen molar-refractivity contribution in [2.24, 2.45) is 4.99 Å². The van der Waals surface area contributed by atoms with Gasteiger partial charge in [-0.1, -0.05) is 30.7 Å². The Balaban J connectivity index is 1.62. The number of allylic oxidation sites excluding steroid dienone is 1. The van der Waals surface area contributed by atoms with Gasteiger partial charge in [-0.05, 0) is 77.8 Å². The number of hydrogen-bond donors (Lipinski definition) is 1. The van der Waals surface area contributed by atoms with Crippen molar-refractivity contribution in [1.29, 1.82) is 0 Å². The van der Waals surface area contributed by atoms with Crippen LogP contribution in [0.3, 0.4) is 0 Å². The molecule has 0 saturated carbocycles. The molecule has 10 nitrogen and oxygen atoms in total. The number of aryl methyl sites for hydroxylation is 1. The molecular formula is C29H27BrN4O6S2. The normalized spacial score (nSPS) is 15.0. The number of H-pyrrole nitrogens is 1. The second-order valence-electron chi connectivity index (χ2n) is 9.26. The Bertz CT molecular complexity index is 1940. The number of ether oxygens (including phenoxy) is 2. The predicted molar refractivity (Wildman–Crippen MR) is 163 cm³/mol. The molecule has 0 aliphatic carbocycles. The average molecular weight is 672 g/mol. The van der Waals surface area contributed by atoms with Gasteiger partial charge in [-0.3, -0.25) is 14.2 Å². The molecule has 13 heteroatoms. The molecule has 5 rings (SSSR count). The Morgan fingerprint density at radius 2 is 2.05 bits per heavy atom. The molecule has 0 spiro atoms. The summed E-state index contributed by atoms with van der Waals surface area (Å²) in [7, 11) is 1.57. The second-order valence-corrected chi connectivity index (χ2v) is 12.1. The minimum atomic E-state index is -0.752. The van der Waals surface area contributed by atoms with Crippen LogP contribution in [0.4, 0.5) is 0 Å². The van der Waals surface area contributed by atoms with E-state index in [1.165, 1.54) is 33.7 Å². The Morgan fingerprint density at radius 1 is 1.24 bits per heavy atom. The van der Waals surface area contributed by atoms with E-state index in [-0.39, 0.29) is 17.7 Å². The number of furan rings is 1. The number of esters is 1. The van der Waals surface area contributed by atoms with Crippen LogP contribution >= 0.6 is 39.0 Å². The summed E-state index contributed by atoms with van der Waals surface area (Å²) in [6.07, 6.45) is 2.94. The quantitative estimate of drug-likeness (QED) is 0.204. The zero-order valence-electron chi connectivity index (χ0n) is 23.2. The van der Waals surface area contributed by atoms with Crippen molar-refractivity contribution in [1.82, 2.24) is 14.5 Å². The summed E-state index contributed by atoms with van der Waals surface area (Å²) in [6.45, 7) is 5.68. The first kappa shape index (κ1) is 29.8. The summed E-state index contributed by atoms with van der Waals surface area (Å²) in [6, 6.07) is 9.60. The SMILES string of the molecule is CCCC1=C(C(=O)OCC)[C@H](c2ccc(OC)c(Br)c2)n2c(s/c(=C/c3ccc(Sc4nc(C)cc(=O)[nH]4)o3)c2=O)=N1. The van der Waals surface area contributed by atoms with Gasteiger partial charge in [0, 0.05) is 17.8 Å². The third-order valence-electron chi connectivity index (χ3n) is 6.30. The third kappa shape index (κ3) is 6.08. The van der Waals surface area contributed by atoms with E-state index < -0.39 is 12.0 Å². The van der Waals surface area contributed by atoms with Crippen LogP contribution in [0.15, 0.2) is 81.4 Å². The summed E-state index contributed by atoms with van der Waals surface area (Å²) in [4.78, 5) is 51.3. The lowest BCUT2D eigenvalue weighted by atomic mass is 9.94. The summed E-state index contributed by atoms with van der Waals surface area (Å²) >= 11 is 5.93. The number of carbonyl (C=O) groups excluding carboxylic acids is 1. The molecule has 1 aromatic carbocycles. The van der Waals surface area contributed by atoms with Crippen molar-refractivity contribution in [3.63, 3.8) is 0 Å². The molecule has 1 aliphatic heterocycles. The number of aromatic amines is 1. The van der Waals surface area contributed by atoms with Crippen LogP contribution in [-0.2, 0) is 9.53 Å². The topological polar surface area (TPSA) is 129 Å². The first-order chi connectivity index (χ1) is 20.2. The molecule has 1 atom stereocenters. The molecule has 0 fully saturated rings. The van der Waals surface area contributed by atoms with E-state index in [0.717, 1.165) is 6.42 Å². The van der Waals surface area contributed by atoms with Crippen molar-refractivity contribution in [2.45, 2.75) is 49.9 Å². The van der Waals surface area contributed by atoms with E-state index in [4.69, 9.17) is 18.9 Å². The van der Waals surface area contributed by atoms with Gasteiger partial charge < -0.3 is 18.9 Å². The number of halogens is 1. The maximum Gasteiger partial charge on any atom is 0.338 e. The fraction of sp³-hybridized carbons (Fsp3) is 0.276. The number of methoxy groups -OCH3 is 1. The minimum absolute atomic E-state index is 0.190. The summed E-state index contributed by atoms with van der Waals surface area (Å²) in [5.74, 6) is 0.560. The van der Waals surface area contributed by atoms with Gasteiger partial charge in [0.25, 0.3) is 11.1 Å². The van der Waals surface area contributed by atoms with Gasteiger partial charge >= 0.3 is 5.97 Å². The standard InChI is InChI=1S/C29H27BrN4O6S2/c1-5-7-19-24(27(37)39-6-2)25(16-8-10-20(38-4)18(30)13-16)34-26(36)21(41-29(34)32-19)14-17-9-11-23(40-17)42-28-31-15(3)12-22(35)33-28/h8-14,25H,5-7H2,1-4H3,(H,31,33,35)/b21-14+/t25-/m0/s1. The lowest BCUT2D eigenvalue weighted by Gasteiger charge is -2.26. The van der Waals surface area contributed by atoms with Crippen LogP contribution < -0.4 is 25.2 Å². The molecule has 4 aromatic rings. The molecule has 4 heterocycles. The van der Waals surface area contributed by atoms with E-state index in [2.05, 4.69) is 25.9 Å². The first-order valence-electron chi connectivity index (χ1n) is 13.1. The van der Waals surface area contributed by atoms with Gasteiger partial charge in [-0.25, -0.2) is 14.8 Å². The van der Waals surface area contributed by atoms with Crippen molar-refractivity contribution >= 4 is 51.1 Å². The van der Waals surface area contributed by atoms with Crippen molar-refractivity contribution in [2.75, 3.05) is 13.7 Å². The van der Waals surface area contributed by atoms with E-state index in [1.54, 1.807) is 45.2 Å². The molecule has 1 N–H and O–H groups in total. The zero-order valence-corrected chi connectivity index (χ0v) is 26.4. The fourth-order valence-electron chi connectivity index (χ4n) is 4.58. The van der Waals surface area contributed by atoms with Gasteiger partial charge in [0.1, 0.15) is 11.5 Å². The highest BCUT2D eigenvalue weighted by molar-refractivity contribution is 9.10. The molecule has 0 bridgehead atoms. The number of nitrogens with zero attached hydrogens (tertiary/aromatic N) is 3. The Hall–Kier alpha value is -3.68.